The number of hydrogen-bond acceptors (Lipinski definition) is 6. The molecule has 0 amide bonds. The summed E-state index contributed by atoms with van der Waals surface area (Å²) in [5.41, 5.74) is 0. The van der Waals surface area contributed by atoms with Crippen LogP contribution < -0.4 is 0 Å². The summed E-state index contributed by atoms with van der Waals surface area (Å²) in [7, 11) is -3.75. The first kappa shape index (κ1) is 17.3. The molecule has 0 bridgehead atoms. The van der Waals surface area contributed by atoms with Crippen molar-refractivity contribution >= 4 is 19.9 Å². The van der Waals surface area contributed by atoms with E-state index in [1.165, 1.54) is 6.92 Å². The summed E-state index contributed by atoms with van der Waals surface area (Å²) >= 11 is 0. The molecular formula is C11H21O6P. The van der Waals surface area contributed by atoms with Gasteiger partial charge in [-0.15, -0.1) is 0 Å². The van der Waals surface area contributed by atoms with Crippen LogP contribution in [0.2, 0.25) is 0 Å². The van der Waals surface area contributed by atoms with Gasteiger partial charge >= 0.3 is 13.6 Å². The van der Waals surface area contributed by atoms with Crippen LogP contribution in [0.15, 0.2) is 0 Å². The predicted molar refractivity (Wildman–Crippen MR) is 66.6 cm³/mol. The third-order valence-electron chi connectivity index (χ3n) is 2.40. The molecule has 0 aliphatic rings. The predicted octanol–water partition coefficient (Wildman–Crippen LogP) is 2.16. The fourth-order valence-electron chi connectivity index (χ4n) is 1.42. The highest BCUT2D eigenvalue weighted by atomic mass is 31.2. The van der Waals surface area contributed by atoms with Gasteiger partial charge in [0, 0.05) is 6.42 Å². The van der Waals surface area contributed by atoms with Gasteiger partial charge in [0.15, 0.2) is 5.16 Å². The molecule has 18 heavy (non-hydrogen) atoms. The van der Waals surface area contributed by atoms with Gasteiger partial charge in [-0.1, -0.05) is 0 Å². The second-order valence-corrected chi connectivity index (χ2v) is 6.20. The number of carbonyl (C=O) groups is 2. The normalized spacial score (nSPS) is 14.9. The molecule has 1 unspecified atom stereocenters. The Kier molecular flexibility index (Phi) is 7.36. The van der Waals surface area contributed by atoms with Gasteiger partial charge in [-0.3, -0.25) is 9.36 Å². The van der Waals surface area contributed by atoms with Gasteiger partial charge < -0.3 is 18.6 Å². The summed E-state index contributed by atoms with van der Waals surface area (Å²) in [5.74, 6) is -0.748. The van der Waals surface area contributed by atoms with Crippen molar-refractivity contribution in [1.29, 1.82) is 0 Å². The highest BCUT2D eigenvalue weighted by Crippen LogP contribution is 2.61. The molecule has 0 rings (SSSR count). The molecule has 0 aromatic heterocycles. The van der Waals surface area contributed by atoms with Crippen LogP contribution >= 0.6 is 7.60 Å². The topological polar surface area (TPSA) is 78.9 Å². The molecule has 0 aromatic carbocycles. The van der Waals surface area contributed by atoms with Crippen LogP contribution in [-0.2, 0) is 27.9 Å². The Labute approximate surface area is 108 Å². The van der Waals surface area contributed by atoms with Gasteiger partial charge in [0.25, 0.3) is 0 Å². The van der Waals surface area contributed by atoms with E-state index in [9.17, 15) is 14.2 Å². The number of aldehydes is 1. The van der Waals surface area contributed by atoms with Crippen molar-refractivity contribution in [2.24, 2.45) is 0 Å². The highest BCUT2D eigenvalue weighted by molar-refractivity contribution is 7.56. The van der Waals surface area contributed by atoms with E-state index in [2.05, 4.69) is 0 Å². The zero-order chi connectivity index (χ0) is 14.2. The minimum atomic E-state index is -3.75. The second-order valence-electron chi connectivity index (χ2n) is 3.70. The van der Waals surface area contributed by atoms with Crippen LogP contribution in [0, 0.1) is 0 Å². The summed E-state index contributed by atoms with van der Waals surface area (Å²) in [6.07, 6.45) is 0.241. The van der Waals surface area contributed by atoms with Gasteiger partial charge in [0.2, 0.25) is 0 Å². The largest absolute Gasteiger partial charge is 0.465 e. The third-order valence-corrected chi connectivity index (χ3v) is 5.17. The second kappa shape index (κ2) is 7.67. The number of rotatable bonds is 9. The lowest BCUT2D eigenvalue weighted by Crippen LogP contribution is -2.39. The summed E-state index contributed by atoms with van der Waals surface area (Å²) in [6.45, 7) is 6.63. The number of hydrogen-bond donors (Lipinski definition) is 0. The molecule has 0 fully saturated rings. The number of esters is 1. The van der Waals surface area contributed by atoms with Crippen molar-refractivity contribution in [3.8, 4) is 0 Å². The number of ether oxygens (including phenoxy) is 1. The van der Waals surface area contributed by atoms with E-state index in [0.29, 0.717) is 6.29 Å². The summed E-state index contributed by atoms with van der Waals surface area (Å²) in [6, 6.07) is 0. The summed E-state index contributed by atoms with van der Waals surface area (Å²) in [5, 5.41) is -1.60. The number of carbonyl (C=O) groups excluding carboxylic acids is 2. The van der Waals surface area contributed by atoms with Crippen molar-refractivity contribution in [1.82, 2.24) is 0 Å². The van der Waals surface area contributed by atoms with Gasteiger partial charge in [0.05, 0.1) is 19.8 Å². The van der Waals surface area contributed by atoms with Crippen molar-refractivity contribution < 1.29 is 27.9 Å². The van der Waals surface area contributed by atoms with Crippen LogP contribution in [0.25, 0.3) is 0 Å². The fraction of sp³-hybridized carbons (Fsp3) is 0.818. The Balaban J connectivity index is 5.43. The Bertz CT molecular complexity index is 319. The lowest BCUT2D eigenvalue weighted by molar-refractivity contribution is -0.147. The molecule has 106 valence electrons. The maximum atomic E-state index is 12.6. The molecular weight excluding hydrogens is 259 g/mol. The summed E-state index contributed by atoms with van der Waals surface area (Å²) in [4.78, 5) is 22.7. The molecule has 0 spiro atoms. The van der Waals surface area contributed by atoms with E-state index in [1.807, 2.05) is 0 Å². The molecule has 0 saturated heterocycles. The molecule has 0 heterocycles. The van der Waals surface area contributed by atoms with Crippen LogP contribution in [0.4, 0.5) is 0 Å². The standard InChI is InChI=1S/C11H21O6P/c1-5-15-10(13)11(4,8-9-12)18(14,16-6-2)17-7-3/h9H,5-8H2,1-4H3. The average molecular weight is 280 g/mol. The van der Waals surface area contributed by atoms with Crippen molar-refractivity contribution in [2.45, 2.75) is 39.3 Å². The lowest BCUT2D eigenvalue weighted by atomic mass is 10.1. The van der Waals surface area contributed by atoms with Gasteiger partial charge in [-0.2, -0.15) is 0 Å². The van der Waals surface area contributed by atoms with Crippen molar-refractivity contribution in [3.63, 3.8) is 0 Å². The quantitative estimate of drug-likeness (QED) is 0.366. The van der Waals surface area contributed by atoms with Crippen molar-refractivity contribution in [2.75, 3.05) is 19.8 Å². The van der Waals surface area contributed by atoms with E-state index >= 15 is 0 Å². The smallest absolute Gasteiger partial charge is 0.348 e. The van der Waals surface area contributed by atoms with E-state index in [1.54, 1.807) is 20.8 Å². The van der Waals surface area contributed by atoms with E-state index in [-0.39, 0.29) is 26.2 Å². The maximum absolute atomic E-state index is 12.6. The Morgan fingerprint density at radius 1 is 1.17 bits per heavy atom. The summed E-state index contributed by atoms with van der Waals surface area (Å²) < 4.78 is 27.8. The minimum Gasteiger partial charge on any atom is -0.465 e. The average Bonchev–Trinajstić information content (AvgIpc) is 2.30. The zero-order valence-corrected chi connectivity index (χ0v) is 12.2. The maximum Gasteiger partial charge on any atom is 0.348 e. The zero-order valence-electron chi connectivity index (χ0n) is 11.3. The molecule has 1 atom stereocenters. The third kappa shape index (κ3) is 3.64. The van der Waals surface area contributed by atoms with Crippen LogP contribution in [-0.4, -0.2) is 37.2 Å². The van der Waals surface area contributed by atoms with E-state index in [4.69, 9.17) is 13.8 Å². The van der Waals surface area contributed by atoms with Crippen LogP contribution in [0.1, 0.15) is 34.1 Å². The monoisotopic (exact) mass is 280 g/mol. The Morgan fingerprint density at radius 2 is 1.67 bits per heavy atom. The van der Waals surface area contributed by atoms with E-state index in [0.717, 1.165) is 0 Å². The molecule has 0 aliphatic heterocycles. The molecule has 7 heteroatoms. The molecule has 0 N–H and O–H groups in total. The molecule has 0 aliphatic carbocycles. The Hall–Kier alpha value is -0.710. The lowest BCUT2D eigenvalue weighted by Gasteiger charge is -2.32. The minimum absolute atomic E-state index is 0.116. The Morgan fingerprint density at radius 3 is 2.00 bits per heavy atom. The molecule has 0 saturated carbocycles. The van der Waals surface area contributed by atoms with Gasteiger partial charge in [-0.05, 0) is 27.7 Å². The fourth-order valence-corrected chi connectivity index (χ4v) is 3.33. The molecule has 6 nitrogen and oxygen atoms in total. The molecule has 0 radical (unpaired) electrons. The highest BCUT2D eigenvalue weighted by Gasteiger charge is 2.54. The van der Waals surface area contributed by atoms with Crippen LogP contribution in [0.5, 0.6) is 0 Å². The first-order valence-corrected chi connectivity index (χ1v) is 7.46. The van der Waals surface area contributed by atoms with E-state index < -0.39 is 18.7 Å². The van der Waals surface area contributed by atoms with Gasteiger partial charge in [-0.25, -0.2) is 0 Å². The SMILES string of the molecule is CCOC(=O)C(C)(CC=O)P(=O)(OCC)OCC. The van der Waals surface area contributed by atoms with Crippen LogP contribution in [0.3, 0.4) is 0 Å². The first-order valence-electron chi connectivity index (χ1n) is 5.91. The van der Waals surface area contributed by atoms with Crippen molar-refractivity contribution in [3.05, 3.63) is 0 Å². The van der Waals surface area contributed by atoms with Gasteiger partial charge in [0.1, 0.15) is 6.29 Å². The molecule has 0 aromatic rings. The first-order chi connectivity index (χ1) is 8.41.